The molecule has 0 aliphatic carbocycles. The first-order valence-electron chi connectivity index (χ1n) is 9.38. The topological polar surface area (TPSA) is 52.7 Å². The first-order chi connectivity index (χ1) is 13.5. The van der Waals surface area contributed by atoms with Crippen molar-refractivity contribution in [3.05, 3.63) is 63.1 Å². The predicted molar refractivity (Wildman–Crippen MR) is 111 cm³/mol. The molecular weight excluding hydrogens is 397 g/mol. The second-order valence-electron chi connectivity index (χ2n) is 7.24. The van der Waals surface area contributed by atoms with Crippen molar-refractivity contribution in [1.82, 2.24) is 9.80 Å². The number of fused-ring (bicyclic) bond motifs is 1. The summed E-state index contributed by atoms with van der Waals surface area (Å²) < 4.78 is 0. The Kier molecular flexibility index (Phi) is 5.58. The lowest BCUT2D eigenvalue weighted by Gasteiger charge is -2.35. The summed E-state index contributed by atoms with van der Waals surface area (Å²) in [5.74, 6) is 0.0820. The van der Waals surface area contributed by atoms with Crippen molar-refractivity contribution >= 4 is 40.7 Å². The van der Waals surface area contributed by atoms with Gasteiger partial charge in [-0.3, -0.25) is 14.5 Å². The molecule has 0 spiro atoms. The number of carbonyl (C=O) groups excluding carboxylic acids is 2. The lowest BCUT2D eigenvalue weighted by molar-refractivity contribution is -0.116. The zero-order chi connectivity index (χ0) is 19.7. The minimum absolute atomic E-state index is 0.0321. The number of piperazine rings is 1. The van der Waals surface area contributed by atoms with Gasteiger partial charge in [0.1, 0.15) is 0 Å². The van der Waals surface area contributed by atoms with E-state index >= 15 is 0 Å². The van der Waals surface area contributed by atoms with Crippen LogP contribution in [-0.2, 0) is 17.8 Å². The molecule has 1 saturated heterocycles. The monoisotopic (exact) mass is 417 g/mol. The van der Waals surface area contributed by atoms with Crippen molar-refractivity contribution in [2.45, 2.75) is 19.4 Å². The van der Waals surface area contributed by atoms with Crippen LogP contribution in [0.3, 0.4) is 0 Å². The molecule has 1 fully saturated rings. The van der Waals surface area contributed by atoms with Crippen LogP contribution < -0.4 is 5.32 Å². The third-order valence-electron chi connectivity index (χ3n) is 5.30. The van der Waals surface area contributed by atoms with Gasteiger partial charge in [-0.1, -0.05) is 29.3 Å². The van der Waals surface area contributed by atoms with Gasteiger partial charge < -0.3 is 10.2 Å². The molecule has 5 nitrogen and oxygen atoms in total. The van der Waals surface area contributed by atoms with Gasteiger partial charge in [0.25, 0.3) is 5.91 Å². The highest BCUT2D eigenvalue weighted by Crippen LogP contribution is 2.25. The van der Waals surface area contributed by atoms with Gasteiger partial charge >= 0.3 is 0 Å². The quantitative estimate of drug-likeness (QED) is 0.825. The van der Waals surface area contributed by atoms with E-state index in [0.717, 1.165) is 36.4 Å². The second-order valence-corrected chi connectivity index (χ2v) is 8.05. The Bertz CT molecular complexity index is 924. The van der Waals surface area contributed by atoms with Gasteiger partial charge in [0.15, 0.2) is 0 Å². The Balaban J connectivity index is 1.36. The van der Waals surface area contributed by atoms with Gasteiger partial charge in [-0.15, -0.1) is 0 Å². The number of hydrogen-bond donors (Lipinski definition) is 1. The molecule has 2 aromatic carbocycles. The number of benzene rings is 2. The van der Waals surface area contributed by atoms with Gasteiger partial charge in [-0.2, -0.15) is 0 Å². The van der Waals surface area contributed by atoms with E-state index in [-0.39, 0.29) is 11.8 Å². The summed E-state index contributed by atoms with van der Waals surface area (Å²) in [6.45, 7) is 3.79. The summed E-state index contributed by atoms with van der Waals surface area (Å²) >= 11 is 12.1. The van der Waals surface area contributed by atoms with Crippen LogP contribution in [-0.4, -0.2) is 47.8 Å². The molecule has 1 N–H and O–H groups in total. The first-order valence-corrected chi connectivity index (χ1v) is 10.1. The van der Waals surface area contributed by atoms with Crippen molar-refractivity contribution < 1.29 is 9.59 Å². The average molecular weight is 418 g/mol. The SMILES string of the molecule is O=C1CCc2cc(C(=O)N3CCN(Cc4ccc(Cl)c(Cl)c4)CC3)ccc2N1. The highest BCUT2D eigenvalue weighted by Gasteiger charge is 2.24. The second kappa shape index (κ2) is 8.11. The maximum atomic E-state index is 12.9. The molecule has 28 heavy (non-hydrogen) atoms. The number of halogens is 2. The number of carbonyl (C=O) groups is 2. The summed E-state index contributed by atoms with van der Waals surface area (Å²) in [6, 6.07) is 11.2. The third-order valence-corrected chi connectivity index (χ3v) is 6.04. The van der Waals surface area contributed by atoms with Crippen LogP contribution in [0.2, 0.25) is 10.0 Å². The standard InChI is InChI=1S/C21H21Cl2N3O2/c22-17-4-1-14(11-18(17)23)13-25-7-9-26(10-8-25)21(28)16-2-5-19-15(12-16)3-6-20(27)24-19/h1-2,4-5,11-12H,3,6-10,13H2,(H,24,27). The van der Waals surface area contributed by atoms with E-state index in [1.165, 1.54) is 0 Å². The summed E-state index contributed by atoms with van der Waals surface area (Å²) in [6.07, 6.45) is 1.15. The van der Waals surface area contributed by atoms with Gasteiger partial charge in [0.2, 0.25) is 5.91 Å². The number of anilines is 1. The van der Waals surface area contributed by atoms with E-state index in [1.807, 2.05) is 35.2 Å². The van der Waals surface area contributed by atoms with Gasteiger partial charge in [0.05, 0.1) is 10.0 Å². The smallest absolute Gasteiger partial charge is 0.253 e. The lowest BCUT2D eigenvalue weighted by atomic mass is 10.00. The number of nitrogens with one attached hydrogen (secondary N) is 1. The van der Waals surface area contributed by atoms with Gasteiger partial charge in [0, 0.05) is 50.4 Å². The zero-order valence-corrected chi connectivity index (χ0v) is 16.9. The van der Waals surface area contributed by atoms with Gasteiger partial charge in [-0.05, 0) is 47.9 Å². The average Bonchev–Trinajstić information content (AvgIpc) is 2.70. The molecule has 2 heterocycles. The molecule has 0 atom stereocenters. The zero-order valence-electron chi connectivity index (χ0n) is 15.4. The van der Waals surface area contributed by atoms with Crippen LogP contribution in [0.15, 0.2) is 36.4 Å². The highest BCUT2D eigenvalue weighted by atomic mass is 35.5. The molecule has 0 radical (unpaired) electrons. The van der Waals surface area contributed by atoms with Crippen LogP contribution in [0.5, 0.6) is 0 Å². The van der Waals surface area contributed by atoms with Gasteiger partial charge in [-0.25, -0.2) is 0 Å². The summed E-state index contributed by atoms with van der Waals surface area (Å²) in [5, 5.41) is 3.98. The maximum absolute atomic E-state index is 12.9. The highest BCUT2D eigenvalue weighted by molar-refractivity contribution is 6.42. The van der Waals surface area contributed by atoms with E-state index in [4.69, 9.17) is 23.2 Å². The van der Waals surface area contributed by atoms with Crippen LogP contribution in [0.1, 0.15) is 27.9 Å². The largest absolute Gasteiger partial charge is 0.336 e. The van der Waals surface area contributed by atoms with E-state index in [0.29, 0.717) is 41.5 Å². The van der Waals surface area contributed by atoms with Crippen molar-refractivity contribution in [3.8, 4) is 0 Å². The van der Waals surface area contributed by atoms with E-state index in [1.54, 1.807) is 6.07 Å². The minimum atomic E-state index is 0.0321. The normalized spacial score (nSPS) is 17.2. The van der Waals surface area contributed by atoms with E-state index in [9.17, 15) is 9.59 Å². The predicted octanol–water partition coefficient (Wildman–Crippen LogP) is 3.84. The molecule has 0 bridgehead atoms. The van der Waals surface area contributed by atoms with Crippen molar-refractivity contribution in [2.24, 2.45) is 0 Å². The number of nitrogens with zero attached hydrogens (tertiary/aromatic N) is 2. The molecular formula is C21H21Cl2N3O2. The maximum Gasteiger partial charge on any atom is 0.253 e. The van der Waals surface area contributed by atoms with Crippen LogP contribution in [0.4, 0.5) is 5.69 Å². The Morgan fingerprint density at radius 3 is 2.50 bits per heavy atom. The Morgan fingerprint density at radius 2 is 1.75 bits per heavy atom. The van der Waals surface area contributed by atoms with Crippen LogP contribution in [0.25, 0.3) is 0 Å². The summed E-state index contributed by atoms with van der Waals surface area (Å²) in [4.78, 5) is 28.6. The number of rotatable bonds is 3. The molecule has 7 heteroatoms. The fraction of sp³-hybridized carbons (Fsp3) is 0.333. The van der Waals surface area contributed by atoms with Crippen LogP contribution in [0, 0.1) is 0 Å². The third kappa shape index (κ3) is 4.17. The molecule has 0 saturated carbocycles. The first kappa shape index (κ1) is 19.2. The Labute approximate surface area is 174 Å². The summed E-state index contributed by atoms with van der Waals surface area (Å²) in [5.41, 5.74) is 3.65. The van der Waals surface area contributed by atoms with Crippen molar-refractivity contribution in [3.63, 3.8) is 0 Å². The molecule has 2 aromatic rings. The molecule has 0 aromatic heterocycles. The van der Waals surface area contributed by atoms with Crippen molar-refractivity contribution in [1.29, 1.82) is 0 Å². The number of amides is 2. The molecule has 146 valence electrons. The fourth-order valence-electron chi connectivity index (χ4n) is 3.70. The Morgan fingerprint density at radius 1 is 0.964 bits per heavy atom. The minimum Gasteiger partial charge on any atom is -0.336 e. The fourth-order valence-corrected chi connectivity index (χ4v) is 4.02. The molecule has 2 amide bonds. The molecule has 0 unspecified atom stereocenters. The summed E-state index contributed by atoms with van der Waals surface area (Å²) in [7, 11) is 0. The molecule has 4 rings (SSSR count). The number of hydrogen-bond acceptors (Lipinski definition) is 3. The lowest BCUT2D eigenvalue weighted by Crippen LogP contribution is -2.48. The number of aryl methyl sites for hydroxylation is 1. The molecule has 2 aliphatic rings. The van der Waals surface area contributed by atoms with Crippen LogP contribution >= 0.6 is 23.2 Å². The Hall–Kier alpha value is -2.08. The molecule has 2 aliphatic heterocycles. The van der Waals surface area contributed by atoms with E-state index < -0.39 is 0 Å². The van der Waals surface area contributed by atoms with E-state index in [2.05, 4.69) is 10.2 Å². The van der Waals surface area contributed by atoms with Crippen molar-refractivity contribution in [2.75, 3.05) is 31.5 Å².